The van der Waals surface area contributed by atoms with Gasteiger partial charge in [-0.3, -0.25) is 14.2 Å². The number of hydrogen-bond donors (Lipinski definition) is 0. The Morgan fingerprint density at radius 1 is 1.10 bits per heavy atom. The molecular weight excluding hydrogens is 472 g/mol. The molecular formula is C23H20BrF2NO4. The molecule has 3 rings (SSSR count). The van der Waals surface area contributed by atoms with Gasteiger partial charge in [0.1, 0.15) is 28.5 Å². The van der Waals surface area contributed by atoms with Crippen LogP contribution in [0.3, 0.4) is 0 Å². The van der Waals surface area contributed by atoms with Crippen molar-refractivity contribution in [2.24, 2.45) is 0 Å². The largest absolute Gasteiger partial charge is 0.487 e. The second kappa shape index (κ2) is 9.43. The molecule has 0 unspecified atom stereocenters. The highest BCUT2D eigenvalue weighted by molar-refractivity contribution is 9.10. The van der Waals surface area contributed by atoms with Crippen molar-refractivity contribution in [2.45, 2.75) is 26.9 Å². The number of nitrogens with zero attached hydrogens (tertiary/aromatic N) is 1. The molecule has 0 spiro atoms. The Morgan fingerprint density at radius 3 is 2.52 bits per heavy atom. The minimum absolute atomic E-state index is 0.0865. The molecule has 1 aromatic heterocycles. The third-order valence-electron chi connectivity index (χ3n) is 4.79. The van der Waals surface area contributed by atoms with Gasteiger partial charge in [0, 0.05) is 23.4 Å². The van der Waals surface area contributed by atoms with Crippen molar-refractivity contribution >= 4 is 21.9 Å². The summed E-state index contributed by atoms with van der Waals surface area (Å²) < 4.78 is 39.0. The number of carbonyl (C=O) groups is 1. The van der Waals surface area contributed by atoms with E-state index in [1.54, 1.807) is 25.1 Å². The van der Waals surface area contributed by atoms with Crippen LogP contribution in [0.5, 0.6) is 5.75 Å². The summed E-state index contributed by atoms with van der Waals surface area (Å²) >= 11 is 3.27. The Balaban J connectivity index is 1.96. The number of ether oxygens (including phenoxy) is 2. The van der Waals surface area contributed by atoms with Gasteiger partial charge in [-0.15, -0.1) is 0 Å². The number of carbonyl (C=O) groups excluding carboxylic acids is 1. The van der Waals surface area contributed by atoms with E-state index in [1.165, 1.54) is 17.7 Å². The van der Waals surface area contributed by atoms with Crippen LogP contribution < -0.4 is 10.3 Å². The van der Waals surface area contributed by atoms with E-state index in [9.17, 15) is 18.4 Å². The van der Waals surface area contributed by atoms with Crippen LogP contribution >= 0.6 is 15.9 Å². The first kappa shape index (κ1) is 22.7. The normalized spacial score (nSPS) is 10.8. The molecule has 0 N–H and O–H groups in total. The van der Waals surface area contributed by atoms with Crippen LogP contribution in [0, 0.1) is 25.5 Å². The summed E-state index contributed by atoms with van der Waals surface area (Å²) in [6.07, 6.45) is 0.0865. The van der Waals surface area contributed by atoms with E-state index in [0.29, 0.717) is 16.9 Å². The maximum Gasteiger partial charge on any atom is 0.309 e. The maximum absolute atomic E-state index is 13.9. The van der Waals surface area contributed by atoms with Gasteiger partial charge in [-0.05, 0) is 59.1 Å². The van der Waals surface area contributed by atoms with Gasteiger partial charge in [-0.1, -0.05) is 12.1 Å². The lowest BCUT2D eigenvalue weighted by molar-refractivity contribution is -0.139. The number of rotatable bonds is 6. The van der Waals surface area contributed by atoms with E-state index in [-0.39, 0.29) is 40.3 Å². The third kappa shape index (κ3) is 5.02. The minimum atomic E-state index is -0.723. The highest BCUT2D eigenvalue weighted by Gasteiger charge is 2.16. The van der Waals surface area contributed by atoms with Crippen LogP contribution in [0.4, 0.5) is 8.78 Å². The van der Waals surface area contributed by atoms with Crippen LogP contribution in [0.1, 0.15) is 22.4 Å². The van der Waals surface area contributed by atoms with Crippen molar-refractivity contribution in [1.82, 2.24) is 4.57 Å². The molecule has 0 aliphatic heterocycles. The van der Waals surface area contributed by atoms with Gasteiger partial charge in [0.15, 0.2) is 0 Å². The Labute approximate surface area is 186 Å². The molecule has 0 fully saturated rings. The fourth-order valence-corrected chi connectivity index (χ4v) is 3.53. The number of halogens is 3. The summed E-state index contributed by atoms with van der Waals surface area (Å²) in [5, 5.41) is 0. The average Bonchev–Trinajstić information content (AvgIpc) is 2.72. The first-order chi connectivity index (χ1) is 14.7. The fraction of sp³-hybridized carbons (Fsp3) is 0.217. The van der Waals surface area contributed by atoms with Crippen LogP contribution in [0.15, 0.2) is 51.7 Å². The Kier molecular flexibility index (Phi) is 6.90. The van der Waals surface area contributed by atoms with E-state index >= 15 is 0 Å². The zero-order chi connectivity index (χ0) is 22.7. The molecule has 31 heavy (non-hydrogen) atoms. The quantitative estimate of drug-likeness (QED) is 0.465. The summed E-state index contributed by atoms with van der Waals surface area (Å²) in [4.78, 5) is 24.7. The van der Waals surface area contributed by atoms with Crippen LogP contribution in [0.25, 0.3) is 5.69 Å². The molecule has 0 atom stereocenters. The second-order valence-electron chi connectivity index (χ2n) is 7.00. The number of benzene rings is 2. The molecule has 0 saturated carbocycles. The van der Waals surface area contributed by atoms with E-state index in [0.717, 1.165) is 17.7 Å². The SMILES string of the molecule is COC(=O)Cc1ccc(C)c(-n2c(C)cc(OCc3ccc(F)cc3F)c(Br)c2=O)c1. The lowest BCUT2D eigenvalue weighted by atomic mass is 10.1. The van der Waals surface area contributed by atoms with Gasteiger partial charge in [0.05, 0.1) is 19.2 Å². The number of hydrogen-bond acceptors (Lipinski definition) is 4. The average molecular weight is 492 g/mol. The van der Waals surface area contributed by atoms with Gasteiger partial charge in [0.25, 0.3) is 5.56 Å². The minimum Gasteiger partial charge on any atom is -0.487 e. The zero-order valence-electron chi connectivity index (χ0n) is 17.2. The van der Waals surface area contributed by atoms with Crippen molar-refractivity contribution in [3.63, 3.8) is 0 Å². The molecule has 3 aromatic rings. The van der Waals surface area contributed by atoms with Gasteiger partial charge in [-0.25, -0.2) is 8.78 Å². The highest BCUT2D eigenvalue weighted by Crippen LogP contribution is 2.26. The smallest absolute Gasteiger partial charge is 0.309 e. The molecule has 0 aliphatic rings. The summed E-state index contributed by atoms with van der Waals surface area (Å²) in [6, 6.07) is 10.3. The van der Waals surface area contributed by atoms with E-state index in [2.05, 4.69) is 15.9 Å². The number of pyridine rings is 1. The molecule has 1 heterocycles. The second-order valence-corrected chi connectivity index (χ2v) is 7.80. The molecule has 0 radical (unpaired) electrons. The number of methoxy groups -OCH3 is 1. The van der Waals surface area contributed by atoms with Crippen LogP contribution in [-0.2, 0) is 22.6 Å². The molecule has 162 valence electrons. The first-order valence-electron chi connectivity index (χ1n) is 9.37. The monoisotopic (exact) mass is 491 g/mol. The molecule has 0 amide bonds. The highest BCUT2D eigenvalue weighted by atomic mass is 79.9. The topological polar surface area (TPSA) is 57.5 Å². The van der Waals surface area contributed by atoms with Crippen LogP contribution in [0.2, 0.25) is 0 Å². The van der Waals surface area contributed by atoms with Gasteiger partial charge in [-0.2, -0.15) is 0 Å². The summed E-state index contributed by atoms with van der Waals surface area (Å²) in [7, 11) is 1.32. The lowest BCUT2D eigenvalue weighted by Gasteiger charge is -2.17. The summed E-state index contributed by atoms with van der Waals surface area (Å²) in [5.41, 5.74) is 2.56. The van der Waals surface area contributed by atoms with E-state index in [4.69, 9.17) is 9.47 Å². The molecule has 0 saturated heterocycles. The van der Waals surface area contributed by atoms with E-state index < -0.39 is 11.6 Å². The number of aryl methyl sites for hydroxylation is 2. The Hall–Kier alpha value is -3.00. The van der Waals surface area contributed by atoms with Crippen molar-refractivity contribution in [3.8, 4) is 11.4 Å². The van der Waals surface area contributed by atoms with Gasteiger partial charge >= 0.3 is 5.97 Å². The Morgan fingerprint density at radius 2 is 1.84 bits per heavy atom. The number of aromatic nitrogens is 1. The lowest BCUT2D eigenvalue weighted by Crippen LogP contribution is -2.23. The molecule has 8 heteroatoms. The van der Waals surface area contributed by atoms with Crippen molar-refractivity contribution < 1.29 is 23.0 Å². The molecule has 0 aliphatic carbocycles. The van der Waals surface area contributed by atoms with Crippen molar-refractivity contribution in [3.05, 3.63) is 91.3 Å². The van der Waals surface area contributed by atoms with Crippen molar-refractivity contribution in [1.29, 1.82) is 0 Å². The van der Waals surface area contributed by atoms with Crippen LogP contribution in [-0.4, -0.2) is 17.6 Å². The summed E-state index contributed by atoms with van der Waals surface area (Å²) in [6.45, 7) is 3.44. The summed E-state index contributed by atoms with van der Waals surface area (Å²) in [5.74, 6) is -1.53. The fourth-order valence-electron chi connectivity index (χ4n) is 3.12. The molecule has 0 bridgehead atoms. The Bertz CT molecular complexity index is 1210. The predicted octanol–water partition coefficient (Wildman–Crippen LogP) is 4.79. The van der Waals surface area contributed by atoms with Crippen molar-refractivity contribution in [2.75, 3.05) is 7.11 Å². The molecule has 5 nitrogen and oxygen atoms in total. The third-order valence-corrected chi connectivity index (χ3v) is 5.52. The van der Waals surface area contributed by atoms with E-state index in [1.807, 2.05) is 13.0 Å². The number of esters is 1. The van der Waals surface area contributed by atoms with Gasteiger partial charge < -0.3 is 9.47 Å². The maximum atomic E-state index is 13.9. The predicted molar refractivity (Wildman–Crippen MR) is 116 cm³/mol. The first-order valence-corrected chi connectivity index (χ1v) is 10.2. The standard InChI is InChI=1S/C23H20BrF2NO4/c1-13-4-5-15(10-21(28)30-3)9-19(13)27-14(2)8-20(22(24)23(27)29)31-12-16-6-7-17(25)11-18(16)26/h4-9,11H,10,12H2,1-3H3. The molecule has 2 aromatic carbocycles. The zero-order valence-corrected chi connectivity index (χ0v) is 18.8. The van der Waals surface area contributed by atoms with Gasteiger partial charge in [0.2, 0.25) is 0 Å².